The number of aryl methyl sites for hydroxylation is 1. The first-order chi connectivity index (χ1) is 8.75. The first-order valence-electron chi connectivity index (χ1n) is 6.25. The molecular weight excluding hydrogens is 225 g/mol. The molecule has 0 aliphatic rings. The molecule has 2 aromatic carbocycles. The van der Waals surface area contributed by atoms with Crippen LogP contribution in [0.5, 0.6) is 0 Å². The molecule has 0 aliphatic carbocycles. The summed E-state index contributed by atoms with van der Waals surface area (Å²) in [4.78, 5) is 0. The number of benzene rings is 2. The fourth-order valence-electron chi connectivity index (χ4n) is 1.97. The molecule has 0 spiro atoms. The molecule has 0 bridgehead atoms. The fourth-order valence-corrected chi connectivity index (χ4v) is 1.97. The van der Waals surface area contributed by atoms with Crippen molar-refractivity contribution in [2.75, 3.05) is 6.54 Å². The molecule has 2 rings (SSSR count). The zero-order valence-corrected chi connectivity index (χ0v) is 10.6. The number of halogens is 1. The van der Waals surface area contributed by atoms with Gasteiger partial charge in [0.05, 0.1) is 0 Å². The minimum atomic E-state index is -0.138. The van der Waals surface area contributed by atoms with E-state index in [0.717, 1.165) is 18.5 Å². The van der Waals surface area contributed by atoms with Crippen molar-refractivity contribution in [3.8, 4) is 0 Å². The maximum Gasteiger partial charge on any atom is 0.127 e. The molecule has 0 saturated heterocycles. The Morgan fingerprint density at radius 2 is 1.89 bits per heavy atom. The van der Waals surface area contributed by atoms with Crippen LogP contribution in [0.1, 0.15) is 16.7 Å². The second-order valence-corrected chi connectivity index (χ2v) is 4.51. The highest BCUT2D eigenvalue weighted by Crippen LogP contribution is 2.06. The Morgan fingerprint density at radius 1 is 1.06 bits per heavy atom. The normalized spacial score (nSPS) is 10.6. The Morgan fingerprint density at radius 3 is 2.67 bits per heavy atom. The molecule has 0 heterocycles. The van der Waals surface area contributed by atoms with Gasteiger partial charge < -0.3 is 5.32 Å². The van der Waals surface area contributed by atoms with Gasteiger partial charge in [0.25, 0.3) is 0 Å². The number of hydrogen-bond donors (Lipinski definition) is 1. The van der Waals surface area contributed by atoms with Gasteiger partial charge in [-0.15, -0.1) is 0 Å². The third kappa shape index (κ3) is 3.67. The average Bonchev–Trinajstić information content (AvgIpc) is 2.37. The topological polar surface area (TPSA) is 12.0 Å². The van der Waals surface area contributed by atoms with E-state index in [0.29, 0.717) is 6.54 Å². The molecule has 0 unspecified atom stereocenters. The predicted octanol–water partition coefficient (Wildman–Crippen LogP) is 3.47. The molecule has 0 aromatic heterocycles. The summed E-state index contributed by atoms with van der Waals surface area (Å²) < 4.78 is 13.4. The van der Waals surface area contributed by atoms with Crippen molar-refractivity contribution in [3.63, 3.8) is 0 Å². The molecule has 94 valence electrons. The van der Waals surface area contributed by atoms with Gasteiger partial charge in [0, 0.05) is 12.1 Å². The molecule has 0 saturated carbocycles. The van der Waals surface area contributed by atoms with Crippen LogP contribution < -0.4 is 5.32 Å². The summed E-state index contributed by atoms with van der Waals surface area (Å²) in [6.45, 7) is 3.53. The SMILES string of the molecule is Cc1cccc(CCNCc2ccccc2F)c1. The minimum Gasteiger partial charge on any atom is -0.312 e. The van der Waals surface area contributed by atoms with Gasteiger partial charge in [0.15, 0.2) is 0 Å². The van der Waals surface area contributed by atoms with Crippen molar-refractivity contribution in [1.29, 1.82) is 0 Å². The Labute approximate surface area is 108 Å². The Balaban J connectivity index is 1.78. The lowest BCUT2D eigenvalue weighted by atomic mass is 10.1. The van der Waals surface area contributed by atoms with Crippen molar-refractivity contribution < 1.29 is 4.39 Å². The number of rotatable bonds is 5. The molecular formula is C16H18FN. The van der Waals surface area contributed by atoms with Crippen LogP contribution in [0.25, 0.3) is 0 Å². The Kier molecular flexibility index (Phi) is 4.48. The molecule has 18 heavy (non-hydrogen) atoms. The van der Waals surface area contributed by atoms with E-state index in [-0.39, 0.29) is 5.82 Å². The second-order valence-electron chi connectivity index (χ2n) is 4.51. The summed E-state index contributed by atoms with van der Waals surface area (Å²) in [5.41, 5.74) is 3.32. The lowest BCUT2D eigenvalue weighted by molar-refractivity contribution is 0.588. The van der Waals surface area contributed by atoms with Gasteiger partial charge in [0.2, 0.25) is 0 Å². The average molecular weight is 243 g/mol. The lowest BCUT2D eigenvalue weighted by Crippen LogP contribution is -2.17. The standard InChI is InChI=1S/C16H18FN/c1-13-5-4-6-14(11-13)9-10-18-12-15-7-2-3-8-16(15)17/h2-8,11,18H,9-10,12H2,1H3. The summed E-state index contributed by atoms with van der Waals surface area (Å²) in [7, 11) is 0. The van der Waals surface area contributed by atoms with E-state index in [4.69, 9.17) is 0 Å². The zero-order chi connectivity index (χ0) is 12.8. The highest BCUT2D eigenvalue weighted by Gasteiger charge is 1.99. The zero-order valence-electron chi connectivity index (χ0n) is 10.6. The third-order valence-corrected chi connectivity index (χ3v) is 2.95. The highest BCUT2D eigenvalue weighted by atomic mass is 19.1. The fraction of sp³-hybridized carbons (Fsp3) is 0.250. The summed E-state index contributed by atoms with van der Waals surface area (Å²) in [6, 6.07) is 15.4. The summed E-state index contributed by atoms with van der Waals surface area (Å²) in [5.74, 6) is -0.138. The molecule has 1 nitrogen and oxygen atoms in total. The van der Waals surface area contributed by atoms with Crippen LogP contribution in [0, 0.1) is 12.7 Å². The minimum absolute atomic E-state index is 0.138. The van der Waals surface area contributed by atoms with Gasteiger partial charge in [-0.05, 0) is 31.5 Å². The van der Waals surface area contributed by atoms with Gasteiger partial charge in [-0.3, -0.25) is 0 Å². The molecule has 1 N–H and O–H groups in total. The van der Waals surface area contributed by atoms with Gasteiger partial charge in [-0.1, -0.05) is 48.0 Å². The monoisotopic (exact) mass is 243 g/mol. The van der Waals surface area contributed by atoms with Crippen molar-refractivity contribution in [3.05, 3.63) is 71.0 Å². The lowest BCUT2D eigenvalue weighted by Gasteiger charge is -2.06. The first-order valence-corrected chi connectivity index (χ1v) is 6.25. The van der Waals surface area contributed by atoms with E-state index in [9.17, 15) is 4.39 Å². The van der Waals surface area contributed by atoms with Gasteiger partial charge >= 0.3 is 0 Å². The largest absolute Gasteiger partial charge is 0.312 e. The molecule has 0 aliphatic heterocycles. The molecule has 0 atom stereocenters. The second kappa shape index (κ2) is 6.31. The maximum absolute atomic E-state index is 13.4. The van der Waals surface area contributed by atoms with E-state index < -0.39 is 0 Å². The van der Waals surface area contributed by atoms with E-state index in [1.54, 1.807) is 6.07 Å². The molecule has 0 radical (unpaired) electrons. The quantitative estimate of drug-likeness (QED) is 0.793. The maximum atomic E-state index is 13.4. The van der Waals surface area contributed by atoms with Gasteiger partial charge in [0.1, 0.15) is 5.82 Å². The van der Waals surface area contributed by atoms with Crippen molar-refractivity contribution in [2.45, 2.75) is 19.9 Å². The van der Waals surface area contributed by atoms with Crippen LogP contribution in [0.4, 0.5) is 4.39 Å². The summed E-state index contributed by atoms with van der Waals surface area (Å²) >= 11 is 0. The van der Waals surface area contributed by atoms with Crippen LogP contribution in [0.2, 0.25) is 0 Å². The van der Waals surface area contributed by atoms with Crippen molar-refractivity contribution in [1.82, 2.24) is 5.32 Å². The summed E-state index contributed by atoms with van der Waals surface area (Å²) in [6.07, 6.45) is 0.968. The predicted molar refractivity (Wildman–Crippen MR) is 73.0 cm³/mol. The van der Waals surface area contributed by atoms with E-state index in [1.807, 2.05) is 12.1 Å². The van der Waals surface area contributed by atoms with Crippen molar-refractivity contribution in [2.24, 2.45) is 0 Å². The van der Waals surface area contributed by atoms with Crippen LogP contribution in [-0.2, 0) is 13.0 Å². The molecule has 2 aromatic rings. The van der Waals surface area contributed by atoms with E-state index in [1.165, 1.54) is 17.2 Å². The highest BCUT2D eigenvalue weighted by molar-refractivity contribution is 5.22. The van der Waals surface area contributed by atoms with Crippen LogP contribution in [0.15, 0.2) is 48.5 Å². The summed E-state index contributed by atoms with van der Waals surface area (Å²) in [5, 5.41) is 3.27. The van der Waals surface area contributed by atoms with Crippen LogP contribution in [0.3, 0.4) is 0 Å². The third-order valence-electron chi connectivity index (χ3n) is 2.95. The Hall–Kier alpha value is -1.67. The molecule has 0 amide bonds. The van der Waals surface area contributed by atoms with E-state index >= 15 is 0 Å². The smallest absolute Gasteiger partial charge is 0.127 e. The van der Waals surface area contributed by atoms with Gasteiger partial charge in [-0.2, -0.15) is 0 Å². The molecule has 0 fully saturated rings. The van der Waals surface area contributed by atoms with Crippen LogP contribution >= 0.6 is 0 Å². The van der Waals surface area contributed by atoms with Crippen LogP contribution in [-0.4, -0.2) is 6.54 Å². The molecule has 2 heteroatoms. The first kappa shape index (κ1) is 12.8. The van der Waals surface area contributed by atoms with E-state index in [2.05, 4.69) is 36.5 Å². The number of hydrogen-bond acceptors (Lipinski definition) is 1. The van der Waals surface area contributed by atoms with Gasteiger partial charge in [-0.25, -0.2) is 4.39 Å². The van der Waals surface area contributed by atoms with Crippen molar-refractivity contribution >= 4 is 0 Å². The number of nitrogens with one attached hydrogen (secondary N) is 1. The Bertz CT molecular complexity index is 508.